The maximum atomic E-state index is 14.4. The number of anilines is 1. The molecule has 3 heterocycles. The van der Waals surface area contributed by atoms with E-state index in [1.807, 2.05) is 19.1 Å². The van der Waals surface area contributed by atoms with Crippen LogP contribution in [0.4, 0.5) is 5.69 Å². The molecule has 0 N–H and O–H groups in total. The average molecular weight is 474 g/mol. The Hall–Kier alpha value is -3.48. The van der Waals surface area contributed by atoms with Gasteiger partial charge in [0.05, 0.1) is 11.1 Å². The zero-order chi connectivity index (χ0) is 24.6. The quantitative estimate of drug-likeness (QED) is 0.624. The second-order valence-electron chi connectivity index (χ2n) is 9.89. The van der Waals surface area contributed by atoms with E-state index in [4.69, 9.17) is 0 Å². The molecule has 2 fully saturated rings. The summed E-state index contributed by atoms with van der Waals surface area (Å²) >= 11 is 0. The van der Waals surface area contributed by atoms with Crippen LogP contribution in [0.3, 0.4) is 0 Å². The number of nitrogens with zero attached hydrogens (tertiary/aromatic N) is 3. The Bertz CT molecular complexity index is 1150. The highest BCUT2D eigenvalue weighted by molar-refractivity contribution is 6.28. The van der Waals surface area contributed by atoms with Gasteiger partial charge in [-0.1, -0.05) is 36.4 Å². The monoisotopic (exact) mass is 473 g/mol. The fourth-order valence-electron chi connectivity index (χ4n) is 5.74. The number of carbonyl (C=O) groups excluding carboxylic acids is 4. The van der Waals surface area contributed by atoms with E-state index in [0.29, 0.717) is 43.0 Å². The first-order valence-corrected chi connectivity index (χ1v) is 12.5. The van der Waals surface area contributed by atoms with Crippen LogP contribution in [0.5, 0.6) is 0 Å². The Labute approximate surface area is 205 Å². The van der Waals surface area contributed by atoms with Crippen LogP contribution in [0.15, 0.2) is 48.5 Å². The Morgan fingerprint density at radius 1 is 0.771 bits per heavy atom. The smallest absolute Gasteiger partial charge is 0.265 e. The van der Waals surface area contributed by atoms with Gasteiger partial charge in [-0.25, -0.2) is 4.90 Å². The second kappa shape index (κ2) is 9.29. The first-order valence-electron chi connectivity index (χ1n) is 12.5. The molecular formula is C28H31N3O4. The molecule has 0 aromatic heterocycles. The predicted octanol–water partition coefficient (Wildman–Crippen LogP) is 3.44. The van der Waals surface area contributed by atoms with E-state index in [0.717, 1.165) is 31.2 Å². The van der Waals surface area contributed by atoms with Crippen LogP contribution in [0, 0.1) is 6.92 Å². The van der Waals surface area contributed by atoms with Crippen molar-refractivity contribution in [3.63, 3.8) is 0 Å². The van der Waals surface area contributed by atoms with Crippen LogP contribution in [-0.4, -0.2) is 59.6 Å². The number of rotatable bonds is 5. The highest BCUT2D eigenvalue weighted by Gasteiger charge is 2.54. The molecule has 0 unspecified atom stereocenters. The van der Waals surface area contributed by atoms with Gasteiger partial charge < -0.3 is 9.80 Å². The number of carbonyl (C=O) groups is 4. The van der Waals surface area contributed by atoms with E-state index in [1.54, 1.807) is 46.2 Å². The maximum Gasteiger partial charge on any atom is 0.265 e. The number of aryl methyl sites for hydroxylation is 1. The standard InChI is InChI=1S/C28H31N3O4/c1-20-10-2-5-13-23(20)31-26(34)21-11-3-4-12-22(21)28(27(31)35,18-24(32)29-14-6-7-15-29)19-25(33)30-16-8-9-17-30/h2-5,10-13H,6-9,14-19H2,1H3. The first-order chi connectivity index (χ1) is 16.9. The molecule has 2 saturated heterocycles. The highest BCUT2D eigenvalue weighted by Crippen LogP contribution is 2.44. The van der Waals surface area contributed by atoms with Crippen molar-refractivity contribution in [1.82, 2.24) is 9.80 Å². The molecule has 35 heavy (non-hydrogen) atoms. The van der Waals surface area contributed by atoms with Gasteiger partial charge in [0.2, 0.25) is 17.7 Å². The van der Waals surface area contributed by atoms with Crippen LogP contribution in [0.25, 0.3) is 0 Å². The minimum absolute atomic E-state index is 0.127. The summed E-state index contributed by atoms with van der Waals surface area (Å²) in [6.07, 6.45) is 3.48. The van der Waals surface area contributed by atoms with Gasteiger partial charge >= 0.3 is 0 Å². The van der Waals surface area contributed by atoms with Crippen LogP contribution >= 0.6 is 0 Å². The van der Waals surface area contributed by atoms with Crippen molar-refractivity contribution in [1.29, 1.82) is 0 Å². The number of imide groups is 1. The number of amides is 4. The normalized spacial score (nSPS) is 19.3. The molecule has 2 aromatic carbocycles. The van der Waals surface area contributed by atoms with E-state index in [1.165, 1.54) is 4.90 Å². The first kappa shape index (κ1) is 23.3. The van der Waals surface area contributed by atoms with Crippen molar-refractivity contribution in [2.24, 2.45) is 0 Å². The molecule has 3 aliphatic heterocycles. The van der Waals surface area contributed by atoms with Crippen molar-refractivity contribution in [2.75, 3.05) is 31.1 Å². The number of benzene rings is 2. The van der Waals surface area contributed by atoms with Gasteiger partial charge in [-0.05, 0) is 55.9 Å². The van der Waals surface area contributed by atoms with Crippen molar-refractivity contribution < 1.29 is 19.2 Å². The molecule has 4 amide bonds. The molecule has 0 bridgehead atoms. The van der Waals surface area contributed by atoms with E-state index < -0.39 is 17.2 Å². The van der Waals surface area contributed by atoms with Gasteiger partial charge in [-0.15, -0.1) is 0 Å². The summed E-state index contributed by atoms with van der Waals surface area (Å²) in [5, 5.41) is 0. The van der Waals surface area contributed by atoms with Crippen LogP contribution < -0.4 is 4.90 Å². The molecule has 0 spiro atoms. The number of fused-ring (bicyclic) bond motifs is 1. The molecule has 0 radical (unpaired) electrons. The zero-order valence-electron chi connectivity index (χ0n) is 20.2. The van der Waals surface area contributed by atoms with Crippen LogP contribution in [-0.2, 0) is 19.8 Å². The maximum absolute atomic E-state index is 14.4. The molecule has 7 heteroatoms. The van der Waals surface area contributed by atoms with Crippen LogP contribution in [0.1, 0.15) is 60.0 Å². The van der Waals surface area contributed by atoms with E-state index in [9.17, 15) is 19.2 Å². The molecule has 7 nitrogen and oxygen atoms in total. The summed E-state index contributed by atoms with van der Waals surface area (Å²) < 4.78 is 0. The van der Waals surface area contributed by atoms with Gasteiger partial charge in [0.1, 0.15) is 0 Å². The molecule has 0 atom stereocenters. The fourth-order valence-corrected chi connectivity index (χ4v) is 5.74. The van der Waals surface area contributed by atoms with Crippen molar-refractivity contribution in [3.05, 3.63) is 65.2 Å². The minimum atomic E-state index is -1.44. The van der Waals surface area contributed by atoms with Gasteiger partial charge in [0.15, 0.2) is 0 Å². The predicted molar refractivity (Wildman–Crippen MR) is 132 cm³/mol. The van der Waals surface area contributed by atoms with Gasteiger partial charge in [0.25, 0.3) is 5.91 Å². The topological polar surface area (TPSA) is 78.0 Å². The largest absolute Gasteiger partial charge is 0.343 e. The Morgan fingerprint density at radius 3 is 1.86 bits per heavy atom. The zero-order valence-corrected chi connectivity index (χ0v) is 20.2. The number of likely N-dealkylation sites (tertiary alicyclic amines) is 2. The van der Waals surface area contributed by atoms with Crippen molar-refractivity contribution >= 4 is 29.3 Å². The lowest BCUT2D eigenvalue weighted by molar-refractivity contribution is -0.140. The summed E-state index contributed by atoms with van der Waals surface area (Å²) in [6.45, 7) is 4.48. The van der Waals surface area contributed by atoms with E-state index in [-0.39, 0.29) is 24.7 Å². The molecule has 0 saturated carbocycles. The van der Waals surface area contributed by atoms with Gasteiger partial charge in [0, 0.05) is 44.6 Å². The third-order valence-corrected chi connectivity index (χ3v) is 7.67. The Kier molecular flexibility index (Phi) is 6.17. The average Bonchev–Trinajstić information content (AvgIpc) is 3.59. The Balaban J connectivity index is 1.66. The molecular weight excluding hydrogens is 442 g/mol. The van der Waals surface area contributed by atoms with Gasteiger partial charge in [-0.3, -0.25) is 19.2 Å². The molecule has 3 aliphatic rings. The van der Waals surface area contributed by atoms with Crippen molar-refractivity contribution in [3.8, 4) is 0 Å². The van der Waals surface area contributed by atoms with E-state index in [2.05, 4.69) is 0 Å². The summed E-state index contributed by atoms with van der Waals surface area (Å²) in [6, 6.07) is 14.2. The van der Waals surface area contributed by atoms with Crippen LogP contribution in [0.2, 0.25) is 0 Å². The van der Waals surface area contributed by atoms with Gasteiger partial charge in [-0.2, -0.15) is 0 Å². The Morgan fingerprint density at radius 2 is 1.29 bits per heavy atom. The lowest BCUT2D eigenvalue weighted by Crippen LogP contribution is -2.58. The number of hydrogen-bond acceptors (Lipinski definition) is 4. The second-order valence-corrected chi connectivity index (χ2v) is 9.89. The molecule has 5 rings (SSSR count). The third-order valence-electron chi connectivity index (χ3n) is 7.67. The van der Waals surface area contributed by atoms with Crippen molar-refractivity contribution in [2.45, 2.75) is 50.9 Å². The lowest BCUT2D eigenvalue weighted by atomic mass is 9.68. The van der Waals surface area contributed by atoms with E-state index >= 15 is 0 Å². The number of para-hydroxylation sites is 1. The highest BCUT2D eigenvalue weighted by atomic mass is 16.2. The summed E-state index contributed by atoms with van der Waals surface area (Å²) in [5.41, 5.74) is 0.688. The summed E-state index contributed by atoms with van der Waals surface area (Å²) in [4.78, 5) is 59.9. The lowest BCUT2D eigenvalue weighted by Gasteiger charge is -2.42. The summed E-state index contributed by atoms with van der Waals surface area (Å²) in [7, 11) is 0. The summed E-state index contributed by atoms with van der Waals surface area (Å²) in [5.74, 6) is -1.19. The molecule has 0 aliphatic carbocycles. The SMILES string of the molecule is Cc1ccccc1N1C(=O)c2ccccc2C(CC(=O)N2CCCC2)(CC(=O)N2CCCC2)C1=O. The minimum Gasteiger partial charge on any atom is -0.343 e. The number of hydrogen-bond donors (Lipinski definition) is 0. The fraction of sp³-hybridized carbons (Fsp3) is 0.429. The molecule has 182 valence electrons. The molecule has 2 aromatic rings. The third kappa shape index (κ3) is 4.03.